The van der Waals surface area contributed by atoms with Crippen LogP contribution in [0.1, 0.15) is 29.3 Å². The zero-order chi connectivity index (χ0) is 16.1. The summed E-state index contributed by atoms with van der Waals surface area (Å²) in [6.45, 7) is 1.21. The molecule has 0 aliphatic heterocycles. The second-order valence-electron chi connectivity index (χ2n) is 5.80. The fourth-order valence-electron chi connectivity index (χ4n) is 3.23. The number of nitrogens with one attached hydrogen (secondary N) is 1. The van der Waals surface area contributed by atoms with Crippen molar-refractivity contribution in [3.05, 3.63) is 59.5 Å². The lowest BCUT2D eigenvalue weighted by molar-refractivity contribution is -0.123. The third-order valence-electron chi connectivity index (χ3n) is 4.32. The molecule has 5 nitrogen and oxygen atoms in total. The van der Waals surface area contributed by atoms with Gasteiger partial charge in [-0.05, 0) is 36.1 Å². The maximum Gasteiger partial charge on any atom is 0.234 e. The third-order valence-corrected chi connectivity index (χ3v) is 4.32. The van der Waals surface area contributed by atoms with Gasteiger partial charge in [-0.2, -0.15) is 0 Å². The quantitative estimate of drug-likeness (QED) is 0.819. The van der Waals surface area contributed by atoms with E-state index in [1.165, 1.54) is 11.1 Å². The van der Waals surface area contributed by atoms with Crippen LogP contribution >= 0.6 is 0 Å². The molecule has 0 saturated carbocycles. The molecule has 0 saturated heterocycles. The first-order valence-electron chi connectivity index (χ1n) is 7.99. The standard InChI is InChI=1S/C18H22N2O3/c21-10-9-20(13-18(22)19-12-15-5-3-11-23-15)17-8-7-14-4-1-2-6-16(14)17/h1-6,11,17,21H,7-10,12-13H2,(H,19,22). The van der Waals surface area contributed by atoms with Crippen LogP contribution in [0, 0.1) is 0 Å². The molecule has 3 rings (SSSR count). The molecule has 122 valence electrons. The van der Waals surface area contributed by atoms with Gasteiger partial charge in [0, 0.05) is 12.6 Å². The van der Waals surface area contributed by atoms with Gasteiger partial charge in [-0.1, -0.05) is 24.3 Å². The van der Waals surface area contributed by atoms with Gasteiger partial charge < -0.3 is 14.8 Å². The van der Waals surface area contributed by atoms with E-state index in [1.54, 1.807) is 12.3 Å². The fraction of sp³-hybridized carbons (Fsp3) is 0.389. The highest BCUT2D eigenvalue weighted by molar-refractivity contribution is 5.78. The summed E-state index contributed by atoms with van der Waals surface area (Å²) >= 11 is 0. The molecule has 1 heterocycles. The van der Waals surface area contributed by atoms with Crippen molar-refractivity contribution >= 4 is 5.91 Å². The normalized spacial score (nSPS) is 16.5. The number of amides is 1. The highest BCUT2D eigenvalue weighted by atomic mass is 16.3. The van der Waals surface area contributed by atoms with Crippen LogP contribution < -0.4 is 5.32 Å². The van der Waals surface area contributed by atoms with Crippen LogP contribution in [0.3, 0.4) is 0 Å². The van der Waals surface area contributed by atoms with Gasteiger partial charge in [-0.3, -0.25) is 9.69 Å². The Morgan fingerprint density at radius 3 is 2.96 bits per heavy atom. The summed E-state index contributed by atoms with van der Waals surface area (Å²) in [5, 5.41) is 12.2. The zero-order valence-corrected chi connectivity index (χ0v) is 13.1. The van der Waals surface area contributed by atoms with Crippen LogP contribution in [-0.4, -0.2) is 35.6 Å². The van der Waals surface area contributed by atoms with Gasteiger partial charge >= 0.3 is 0 Å². The van der Waals surface area contributed by atoms with Crippen molar-refractivity contribution in [2.24, 2.45) is 0 Å². The van der Waals surface area contributed by atoms with E-state index in [0.717, 1.165) is 18.6 Å². The molecule has 5 heteroatoms. The number of fused-ring (bicyclic) bond motifs is 1. The second-order valence-corrected chi connectivity index (χ2v) is 5.80. The van der Waals surface area contributed by atoms with E-state index in [1.807, 2.05) is 18.2 Å². The van der Waals surface area contributed by atoms with E-state index in [4.69, 9.17) is 4.42 Å². The van der Waals surface area contributed by atoms with E-state index in [0.29, 0.717) is 13.1 Å². The van der Waals surface area contributed by atoms with Crippen molar-refractivity contribution in [2.45, 2.75) is 25.4 Å². The first-order valence-corrected chi connectivity index (χ1v) is 7.99. The minimum absolute atomic E-state index is 0.0458. The number of carbonyl (C=O) groups is 1. The average Bonchev–Trinajstić information content (AvgIpc) is 3.22. The average molecular weight is 314 g/mol. The lowest BCUT2D eigenvalue weighted by atomic mass is 10.1. The van der Waals surface area contributed by atoms with Crippen molar-refractivity contribution < 1.29 is 14.3 Å². The second kappa shape index (κ2) is 7.44. The van der Waals surface area contributed by atoms with E-state index in [9.17, 15) is 9.90 Å². The van der Waals surface area contributed by atoms with Gasteiger partial charge in [0.25, 0.3) is 0 Å². The number of carbonyl (C=O) groups excluding carboxylic acids is 1. The summed E-state index contributed by atoms with van der Waals surface area (Å²) in [6.07, 6.45) is 3.61. The Morgan fingerprint density at radius 1 is 1.30 bits per heavy atom. The molecule has 0 spiro atoms. The van der Waals surface area contributed by atoms with Gasteiger partial charge in [-0.25, -0.2) is 0 Å². The number of aliphatic hydroxyl groups is 1. The molecule has 1 aliphatic carbocycles. The van der Waals surface area contributed by atoms with Crippen molar-refractivity contribution in [2.75, 3.05) is 19.7 Å². The van der Waals surface area contributed by atoms with Crippen molar-refractivity contribution in [1.82, 2.24) is 10.2 Å². The SMILES string of the molecule is O=C(CN(CCO)C1CCc2ccccc21)NCc1ccco1. The zero-order valence-electron chi connectivity index (χ0n) is 13.1. The largest absolute Gasteiger partial charge is 0.467 e. The van der Waals surface area contributed by atoms with E-state index in [2.05, 4.69) is 22.3 Å². The van der Waals surface area contributed by atoms with Crippen LogP contribution in [0.25, 0.3) is 0 Å². The Kier molecular flexibility index (Phi) is 5.10. The van der Waals surface area contributed by atoms with Crippen LogP contribution in [0.2, 0.25) is 0 Å². The van der Waals surface area contributed by atoms with Gasteiger partial charge in [0.1, 0.15) is 5.76 Å². The Bertz CT molecular complexity index is 639. The molecule has 1 aliphatic rings. The first-order chi connectivity index (χ1) is 11.3. The monoisotopic (exact) mass is 314 g/mol. The van der Waals surface area contributed by atoms with E-state index < -0.39 is 0 Å². The number of rotatable bonds is 7. The molecule has 2 aromatic rings. The molecule has 0 radical (unpaired) electrons. The van der Waals surface area contributed by atoms with Crippen LogP contribution in [0.4, 0.5) is 0 Å². The molecule has 23 heavy (non-hydrogen) atoms. The topological polar surface area (TPSA) is 65.7 Å². The molecule has 0 bridgehead atoms. The minimum Gasteiger partial charge on any atom is -0.467 e. The summed E-state index contributed by atoms with van der Waals surface area (Å²) in [7, 11) is 0. The lowest BCUT2D eigenvalue weighted by Crippen LogP contribution is -2.40. The molecule has 1 aromatic heterocycles. The smallest absolute Gasteiger partial charge is 0.234 e. The number of hydrogen-bond acceptors (Lipinski definition) is 4. The number of benzene rings is 1. The number of hydrogen-bond donors (Lipinski definition) is 2. The summed E-state index contributed by atoms with van der Waals surface area (Å²) in [5.41, 5.74) is 2.62. The minimum atomic E-state index is -0.0563. The Hall–Kier alpha value is -2.11. The summed E-state index contributed by atoms with van der Waals surface area (Å²) in [5.74, 6) is 0.678. The van der Waals surface area contributed by atoms with Gasteiger partial charge in [0.05, 0.1) is 26.0 Å². The van der Waals surface area contributed by atoms with Gasteiger partial charge in [0.2, 0.25) is 5.91 Å². The Balaban J connectivity index is 1.62. The number of aryl methyl sites for hydroxylation is 1. The predicted molar refractivity (Wildman–Crippen MR) is 86.7 cm³/mol. The number of furan rings is 1. The molecule has 1 unspecified atom stereocenters. The predicted octanol–water partition coefficient (Wildman–Crippen LogP) is 1.88. The van der Waals surface area contributed by atoms with Crippen molar-refractivity contribution in [3.63, 3.8) is 0 Å². The van der Waals surface area contributed by atoms with E-state index in [-0.39, 0.29) is 25.1 Å². The Labute approximate surface area is 135 Å². The molecule has 1 atom stereocenters. The maximum atomic E-state index is 12.2. The molecule has 1 amide bonds. The summed E-state index contributed by atoms with van der Waals surface area (Å²) < 4.78 is 5.21. The highest BCUT2D eigenvalue weighted by Crippen LogP contribution is 2.35. The Morgan fingerprint density at radius 2 is 2.17 bits per heavy atom. The summed E-state index contributed by atoms with van der Waals surface area (Å²) in [6, 6.07) is 12.2. The van der Waals surface area contributed by atoms with Crippen molar-refractivity contribution in [1.29, 1.82) is 0 Å². The molecular weight excluding hydrogens is 292 g/mol. The molecule has 2 N–H and O–H groups in total. The lowest BCUT2D eigenvalue weighted by Gasteiger charge is -2.28. The number of aliphatic hydroxyl groups excluding tert-OH is 1. The molecular formula is C18H22N2O3. The number of nitrogens with zero attached hydrogens (tertiary/aromatic N) is 1. The van der Waals surface area contributed by atoms with E-state index >= 15 is 0 Å². The summed E-state index contributed by atoms with van der Waals surface area (Å²) in [4.78, 5) is 14.3. The van der Waals surface area contributed by atoms with Crippen LogP contribution in [0.5, 0.6) is 0 Å². The third kappa shape index (κ3) is 3.81. The van der Waals surface area contributed by atoms with Gasteiger partial charge in [-0.15, -0.1) is 0 Å². The fourth-order valence-corrected chi connectivity index (χ4v) is 3.23. The van der Waals surface area contributed by atoms with Gasteiger partial charge in [0.15, 0.2) is 0 Å². The first kappa shape index (κ1) is 15.8. The van der Waals surface area contributed by atoms with Crippen LogP contribution in [-0.2, 0) is 17.8 Å². The highest BCUT2D eigenvalue weighted by Gasteiger charge is 2.28. The van der Waals surface area contributed by atoms with Crippen LogP contribution in [0.15, 0.2) is 47.1 Å². The maximum absolute atomic E-state index is 12.2. The van der Waals surface area contributed by atoms with Crippen molar-refractivity contribution in [3.8, 4) is 0 Å². The molecule has 0 fully saturated rings. The molecule has 1 aromatic carbocycles.